The number of methoxy groups -OCH3 is 1. The molecule has 3 heterocycles. The van der Waals surface area contributed by atoms with Crippen LogP contribution in [0.25, 0.3) is 16.6 Å². The number of hydrogen-bond acceptors (Lipinski definition) is 5. The van der Waals surface area contributed by atoms with E-state index in [4.69, 9.17) is 4.74 Å². The second kappa shape index (κ2) is 8.76. The van der Waals surface area contributed by atoms with E-state index in [1.807, 2.05) is 40.8 Å². The van der Waals surface area contributed by atoms with Crippen molar-refractivity contribution in [3.8, 4) is 5.69 Å². The van der Waals surface area contributed by atoms with Gasteiger partial charge in [0.1, 0.15) is 5.82 Å². The van der Waals surface area contributed by atoms with Crippen molar-refractivity contribution in [2.45, 2.75) is 49.6 Å². The fourth-order valence-corrected chi connectivity index (χ4v) is 7.26. The van der Waals surface area contributed by atoms with Crippen LogP contribution >= 0.6 is 11.9 Å². The van der Waals surface area contributed by atoms with Gasteiger partial charge in [-0.3, -0.25) is 4.68 Å². The molecule has 35 heavy (non-hydrogen) atoms. The summed E-state index contributed by atoms with van der Waals surface area (Å²) < 4.78 is 25.7. The van der Waals surface area contributed by atoms with E-state index in [9.17, 15) is 4.39 Å². The molecule has 1 unspecified atom stereocenters. The van der Waals surface area contributed by atoms with E-state index in [0.29, 0.717) is 5.92 Å². The molecule has 0 amide bonds. The first-order chi connectivity index (χ1) is 17.0. The summed E-state index contributed by atoms with van der Waals surface area (Å²) in [6.45, 7) is 7.22. The highest BCUT2D eigenvalue weighted by Gasteiger charge is 2.54. The predicted molar refractivity (Wildman–Crippen MR) is 136 cm³/mol. The molecule has 1 aliphatic heterocycles. The Balaban J connectivity index is 1.36. The third kappa shape index (κ3) is 3.88. The van der Waals surface area contributed by atoms with Crippen LogP contribution in [-0.4, -0.2) is 50.2 Å². The zero-order chi connectivity index (χ0) is 24.2. The van der Waals surface area contributed by atoms with Gasteiger partial charge in [0.25, 0.3) is 0 Å². The van der Waals surface area contributed by atoms with Crippen LogP contribution in [0.15, 0.2) is 59.9 Å². The molecule has 2 aromatic carbocycles. The fraction of sp³-hybridized carbons (Fsp3) is 0.407. The Morgan fingerprint density at radius 3 is 2.74 bits per heavy atom. The smallest absolute Gasteiger partial charge is 0.123 e. The van der Waals surface area contributed by atoms with Crippen molar-refractivity contribution in [1.82, 2.24) is 23.9 Å². The van der Waals surface area contributed by atoms with Gasteiger partial charge in [-0.1, -0.05) is 0 Å². The molecular formula is C27H30FN5OS. The number of benzene rings is 2. The normalized spacial score (nSPS) is 24.5. The molecule has 2 fully saturated rings. The van der Waals surface area contributed by atoms with Crippen molar-refractivity contribution in [2.75, 3.05) is 20.2 Å². The molecule has 2 aromatic heterocycles. The fourth-order valence-electron chi connectivity index (χ4n) is 6.15. The first kappa shape index (κ1) is 22.8. The summed E-state index contributed by atoms with van der Waals surface area (Å²) in [5.41, 5.74) is 4.63. The van der Waals surface area contributed by atoms with Crippen LogP contribution in [0.3, 0.4) is 0 Å². The molecule has 1 aliphatic carbocycles. The highest BCUT2D eigenvalue weighted by atomic mass is 32.2. The van der Waals surface area contributed by atoms with Gasteiger partial charge in [-0.2, -0.15) is 10.2 Å². The first-order valence-corrected chi connectivity index (χ1v) is 13.0. The standard InChI is InChI=1S/C27H30FN5OS/c1-4-31-16-24(14-29-31)35-32-15-20-11-23(34-3)12-27(20,17-32)25-10-19-13-30-33(26(19)9-18(25)2)22-7-5-21(28)6-8-22/h5-10,13-14,16,20,23H,4,11-12,15,17H2,1-3H3/t20-,23?,27-/m0/s1. The third-order valence-corrected chi connectivity index (χ3v) is 8.78. The first-order valence-electron chi connectivity index (χ1n) is 12.2. The van der Waals surface area contributed by atoms with E-state index in [1.54, 1.807) is 12.1 Å². The maximum absolute atomic E-state index is 13.5. The van der Waals surface area contributed by atoms with E-state index >= 15 is 0 Å². The number of aryl methyl sites for hydroxylation is 2. The van der Waals surface area contributed by atoms with Crippen molar-refractivity contribution in [3.63, 3.8) is 0 Å². The van der Waals surface area contributed by atoms with E-state index < -0.39 is 0 Å². The topological polar surface area (TPSA) is 48.1 Å². The number of nitrogens with zero attached hydrogens (tertiary/aromatic N) is 5. The molecular weight excluding hydrogens is 461 g/mol. The van der Waals surface area contributed by atoms with Gasteiger partial charge in [-0.25, -0.2) is 13.4 Å². The van der Waals surface area contributed by atoms with Crippen LogP contribution in [0, 0.1) is 18.7 Å². The molecule has 0 radical (unpaired) electrons. The van der Waals surface area contributed by atoms with Crippen molar-refractivity contribution in [1.29, 1.82) is 0 Å². The van der Waals surface area contributed by atoms with Gasteiger partial charge in [-0.05, 0) is 92.1 Å². The number of rotatable bonds is 6. The lowest BCUT2D eigenvalue weighted by Crippen LogP contribution is -2.32. The average Bonchev–Trinajstić information content (AvgIpc) is 3.61. The van der Waals surface area contributed by atoms with Crippen LogP contribution in [0.1, 0.15) is 30.9 Å². The Morgan fingerprint density at radius 2 is 2.00 bits per heavy atom. The third-order valence-electron chi connectivity index (χ3n) is 7.83. The van der Waals surface area contributed by atoms with Crippen molar-refractivity contribution in [2.24, 2.45) is 5.92 Å². The van der Waals surface area contributed by atoms with Crippen molar-refractivity contribution in [3.05, 3.63) is 71.9 Å². The molecule has 0 bridgehead atoms. The zero-order valence-corrected chi connectivity index (χ0v) is 21.1. The van der Waals surface area contributed by atoms with Crippen LogP contribution in [0.4, 0.5) is 4.39 Å². The summed E-state index contributed by atoms with van der Waals surface area (Å²) >= 11 is 1.82. The van der Waals surface area contributed by atoms with Crippen molar-refractivity contribution >= 4 is 22.9 Å². The summed E-state index contributed by atoms with van der Waals surface area (Å²) in [5.74, 6) is 0.290. The minimum Gasteiger partial charge on any atom is -0.381 e. The van der Waals surface area contributed by atoms with E-state index in [2.05, 4.69) is 46.7 Å². The molecule has 6 rings (SSSR count). The van der Waals surface area contributed by atoms with Gasteiger partial charge in [0.2, 0.25) is 0 Å². The van der Waals surface area contributed by atoms with E-state index in [0.717, 1.165) is 49.1 Å². The van der Waals surface area contributed by atoms with E-state index in [1.165, 1.54) is 28.2 Å². The zero-order valence-electron chi connectivity index (χ0n) is 20.3. The molecule has 0 spiro atoms. The van der Waals surface area contributed by atoms with Gasteiger partial charge in [-0.15, -0.1) is 0 Å². The lowest BCUT2D eigenvalue weighted by molar-refractivity contribution is 0.0982. The lowest BCUT2D eigenvalue weighted by Gasteiger charge is -2.31. The minimum atomic E-state index is -0.242. The average molecular weight is 492 g/mol. The number of aromatic nitrogens is 4. The molecule has 4 aromatic rings. The molecule has 3 atom stereocenters. The maximum Gasteiger partial charge on any atom is 0.123 e. The highest BCUT2D eigenvalue weighted by molar-refractivity contribution is 7.97. The highest BCUT2D eigenvalue weighted by Crippen LogP contribution is 2.54. The molecule has 0 N–H and O–H groups in total. The summed E-state index contributed by atoms with van der Waals surface area (Å²) in [7, 11) is 1.84. The second-order valence-corrected chi connectivity index (χ2v) is 11.0. The lowest BCUT2D eigenvalue weighted by atomic mass is 9.72. The number of ether oxygens (including phenoxy) is 1. The summed E-state index contributed by atoms with van der Waals surface area (Å²) in [6.07, 6.45) is 8.41. The maximum atomic E-state index is 13.5. The Morgan fingerprint density at radius 1 is 1.17 bits per heavy atom. The van der Waals surface area contributed by atoms with Crippen molar-refractivity contribution < 1.29 is 9.13 Å². The van der Waals surface area contributed by atoms with Crippen LogP contribution in [0.5, 0.6) is 0 Å². The minimum absolute atomic E-state index is 0.0463. The van der Waals surface area contributed by atoms with Gasteiger partial charge >= 0.3 is 0 Å². The number of halogens is 1. The summed E-state index contributed by atoms with van der Waals surface area (Å²) in [5, 5.41) is 10.2. The van der Waals surface area contributed by atoms with Gasteiger partial charge < -0.3 is 4.74 Å². The quantitative estimate of drug-likeness (QED) is 0.339. The molecule has 1 saturated carbocycles. The molecule has 6 nitrogen and oxygen atoms in total. The van der Waals surface area contributed by atoms with Crippen LogP contribution < -0.4 is 0 Å². The number of fused-ring (bicyclic) bond motifs is 2. The Kier molecular flexibility index (Phi) is 5.70. The van der Waals surface area contributed by atoms with Crippen LogP contribution in [0.2, 0.25) is 0 Å². The molecule has 2 aliphatic rings. The monoisotopic (exact) mass is 491 g/mol. The largest absolute Gasteiger partial charge is 0.381 e. The Bertz CT molecular complexity index is 1370. The SMILES string of the molecule is CCn1cc(SN2C[C@@H]3CC(OC)C[C@]3(c3cc4cnn(-c5ccc(F)cc5)c4cc3C)C2)cn1. The Labute approximate surface area is 209 Å². The van der Waals surface area contributed by atoms with E-state index in [-0.39, 0.29) is 17.3 Å². The second-order valence-electron chi connectivity index (χ2n) is 9.85. The van der Waals surface area contributed by atoms with Gasteiger partial charge in [0.15, 0.2) is 0 Å². The number of hydrogen-bond donors (Lipinski definition) is 0. The van der Waals surface area contributed by atoms with Gasteiger partial charge in [0.05, 0.1) is 34.6 Å². The molecule has 182 valence electrons. The predicted octanol–water partition coefficient (Wildman–Crippen LogP) is 5.38. The molecule has 8 heteroatoms. The van der Waals surface area contributed by atoms with Gasteiger partial charge in [0, 0.05) is 43.7 Å². The summed E-state index contributed by atoms with van der Waals surface area (Å²) in [6, 6.07) is 11.1. The van der Waals surface area contributed by atoms with Crippen LogP contribution in [-0.2, 0) is 16.7 Å². The summed E-state index contributed by atoms with van der Waals surface area (Å²) in [4.78, 5) is 1.19. The molecule has 1 saturated heterocycles. The Hall–Kier alpha value is -2.68.